The average Bonchev–Trinajstić information content (AvgIpc) is 3.28. The Morgan fingerprint density at radius 3 is 1.88 bits per heavy atom. The van der Waals surface area contributed by atoms with Gasteiger partial charge in [-0.25, -0.2) is 14.6 Å². The average molecular weight is 552 g/mol. The van der Waals surface area contributed by atoms with Crippen molar-refractivity contribution in [1.82, 2.24) is 0 Å². The van der Waals surface area contributed by atoms with E-state index in [9.17, 15) is 29.4 Å². The Balaban J connectivity index is 1.67. The predicted molar refractivity (Wildman–Crippen MR) is 155 cm³/mol. The number of fused-ring (bicyclic) bond motifs is 1. The topological polar surface area (TPSA) is 143 Å². The normalized spacial score (nSPS) is 15.8. The number of nitrogens with zero attached hydrogens (tertiary/aromatic N) is 5. The number of benzene rings is 3. The van der Waals surface area contributed by atoms with Crippen LogP contribution in [0.15, 0.2) is 88.0 Å². The SMILES string of the molecule is CC1=C2C(=O)N(c3ccc(C(=O)O)cc3)N=C2N(c2ccc(C(=O)O)cc2)C(=O)C1=Nc1ccc(N(C)C)cc1C. The fourth-order valence-electron chi connectivity index (χ4n) is 4.57. The van der Waals surface area contributed by atoms with Crippen molar-refractivity contribution in [2.45, 2.75) is 13.8 Å². The molecule has 0 atom stereocenters. The molecule has 0 unspecified atom stereocenters. The van der Waals surface area contributed by atoms with Crippen LogP contribution in [-0.2, 0) is 9.59 Å². The molecule has 2 N–H and O–H groups in total. The largest absolute Gasteiger partial charge is 0.478 e. The van der Waals surface area contributed by atoms with Crippen LogP contribution in [0.4, 0.5) is 22.7 Å². The van der Waals surface area contributed by atoms with Crippen molar-refractivity contribution in [3.05, 3.63) is 94.6 Å². The van der Waals surface area contributed by atoms with Gasteiger partial charge in [-0.3, -0.25) is 14.5 Å². The van der Waals surface area contributed by atoms with Gasteiger partial charge in [0.05, 0.1) is 33.8 Å². The third-order valence-electron chi connectivity index (χ3n) is 6.83. The molecule has 3 aromatic rings. The van der Waals surface area contributed by atoms with Crippen LogP contribution >= 0.6 is 0 Å². The second-order valence-electron chi connectivity index (χ2n) is 9.71. The minimum absolute atomic E-state index is 0.0280. The summed E-state index contributed by atoms with van der Waals surface area (Å²) in [6.45, 7) is 3.51. The van der Waals surface area contributed by atoms with Gasteiger partial charge in [0.25, 0.3) is 11.8 Å². The number of amidine groups is 1. The van der Waals surface area contributed by atoms with Crippen LogP contribution in [0.2, 0.25) is 0 Å². The first kappa shape index (κ1) is 27.0. The number of rotatable bonds is 6. The zero-order valence-corrected chi connectivity index (χ0v) is 22.6. The number of hydrogen-bond donors (Lipinski definition) is 2. The Hall–Kier alpha value is -5.58. The smallest absolute Gasteiger partial charge is 0.335 e. The number of aliphatic imine (C=N–C) groups is 1. The van der Waals surface area contributed by atoms with Crippen molar-refractivity contribution >= 4 is 58.0 Å². The zero-order valence-electron chi connectivity index (χ0n) is 22.6. The molecule has 11 nitrogen and oxygen atoms in total. The van der Waals surface area contributed by atoms with Gasteiger partial charge in [-0.1, -0.05) is 0 Å². The minimum Gasteiger partial charge on any atom is -0.478 e. The van der Waals surface area contributed by atoms with E-state index in [1.165, 1.54) is 53.4 Å². The van der Waals surface area contributed by atoms with E-state index in [1.807, 2.05) is 38.1 Å². The quantitative estimate of drug-likeness (QED) is 0.466. The minimum atomic E-state index is -1.12. The van der Waals surface area contributed by atoms with Gasteiger partial charge >= 0.3 is 11.9 Å². The molecule has 2 aliphatic rings. The first-order valence-electron chi connectivity index (χ1n) is 12.5. The maximum Gasteiger partial charge on any atom is 0.335 e. The molecule has 0 bridgehead atoms. The highest BCUT2D eigenvalue weighted by Crippen LogP contribution is 2.35. The molecule has 11 heteroatoms. The van der Waals surface area contributed by atoms with Gasteiger partial charge in [-0.05, 0) is 91.7 Å². The predicted octanol–water partition coefficient (Wildman–Crippen LogP) is 4.25. The van der Waals surface area contributed by atoms with Crippen LogP contribution in [-0.4, -0.2) is 59.6 Å². The Kier molecular flexibility index (Phi) is 6.71. The number of amides is 2. The molecule has 0 radical (unpaired) electrons. The lowest BCUT2D eigenvalue weighted by Gasteiger charge is -2.28. The first-order chi connectivity index (χ1) is 19.5. The number of hydrogen-bond acceptors (Lipinski definition) is 7. The highest BCUT2D eigenvalue weighted by atomic mass is 16.4. The zero-order chi connectivity index (χ0) is 29.6. The number of carboxylic acid groups (broad SMARTS) is 2. The van der Waals surface area contributed by atoms with E-state index in [2.05, 4.69) is 10.1 Å². The maximum atomic E-state index is 14.0. The summed E-state index contributed by atoms with van der Waals surface area (Å²) in [4.78, 5) is 58.3. The summed E-state index contributed by atoms with van der Waals surface area (Å²) in [5.41, 5.74) is 3.53. The summed E-state index contributed by atoms with van der Waals surface area (Å²) >= 11 is 0. The van der Waals surface area contributed by atoms with Gasteiger partial charge in [0.1, 0.15) is 5.71 Å². The lowest BCUT2D eigenvalue weighted by Crippen LogP contribution is -2.47. The fraction of sp³-hybridized carbons (Fsp3) is 0.133. The van der Waals surface area contributed by atoms with Crippen LogP contribution < -0.4 is 14.8 Å². The summed E-state index contributed by atoms with van der Waals surface area (Å²) in [5.74, 6) is -3.24. The third kappa shape index (κ3) is 4.73. The highest BCUT2D eigenvalue weighted by molar-refractivity contribution is 6.61. The van der Waals surface area contributed by atoms with Gasteiger partial charge < -0.3 is 15.1 Å². The molecule has 0 aliphatic carbocycles. The third-order valence-corrected chi connectivity index (χ3v) is 6.83. The summed E-state index contributed by atoms with van der Waals surface area (Å²) in [7, 11) is 3.83. The second kappa shape index (κ2) is 10.2. The van der Waals surface area contributed by atoms with Crippen molar-refractivity contribution in [3.8, 4) is 0 Å². The number of aryl methyl sites for hydroxylation is 1. The van der Waals surface area contributed by atoms with Crippen LogP contribution in [0, 0.1) is 6.92 Å². The molecule has 0 spiro atoms. The standard InChI is InChI=1S/C30H25N5O6/c1-16-15-22(33(3)4)13-14-23(16)31-25-17(2)24-26(34(28(25)37)20-9-5-18(6-10-20)29(38)39)32-35(27(24)36)21-11-7-19(8-12-21)30(40)41/h5-15H,1-4H3,(H,38,39)(H,40,41). The molecule has 3 aromatic carbocycles. The van der Waals surface area contributed by atoms with Crippen LogP contribution in [0.3, 0.4) is 0 Å². The number of carbonyl (C=O) groups excluding carboxylic acids is 2. The van der Waals surface area contributed by atoms with Gasteiger partial charge in [0.2, 0.25) is 0 Å². The molecule has 0 fully saturated rings. The monoisotopic (exact) mass is 551 g/mol. The summed E-state index contributed by atoms with van der Waals surface area (Å²) in [6, 6.07) is 16.9. The van der Waals surface area contributed by atoms with Crippen molar-refractivity contribution in [3.63, 3.8) is 0 Å². The van der Waals surface area contributed by atoms with E-state index in [1.54, 1.807) is 13.0 Å². The molecule has 0 saturated heterocycles. The van der Waals surface area contributed by atoms with Crippen molar-refractivity contribution < 1.29 is 29.4 Å². The van der Waals surface area contributed by atoms with Crippen LogP contribution in [0.25, 0.3) is 0 Å². The van der Waals surface area contributed by atoms with E-state index in [4.69, 9.17) is 0 Å². The molecule has 0 aromatic heterocycles. The van der Waals surface area contributed by atoms with E-state index in [-0.39, 0.29) is 28.2 Å². The number of hydrazone groups is 1. The van der Waals surface area contributed by atoms with Gasteiger partial charge in [-0.15, -0.1) is 5.10 Å². The van der Waals surface area contributed by atoms with Crippen LogP contribution in [0.5, 0.6) is 0 Å². The van der Waals surface area contributed by atoms with Crippen LogP contribution in [0.1, 0.15) is 33.2 Å². The van der Waals surface area contributed by atoms with E-state index < -0.39 is 23.8 Å². The Morgan fingerprint density at radius 1 is 0.805 bits per heavy atom. The number of anilines is 3. The van der Waals surface area contributed by atoms with Gasteiger partial charge in [-0.2, -0.15) is 5.01 Å². The van der Waals surface area contributed by atoms with Crippen molar-refractivity contribution in [2.24, 2.45) is 10.1 Å². The fourth-order valence-corrected chi connectivity index (χ4v) is 4.57. The van der Waals surface area contributed by atoms with E-state index in [0.29, 0.717) is 22.6 Å². The van der Waals surface area contributed by atoms with Crippen molar-refractivity contribution in [2.75, 3.05) is 28.9 Å². The number of aromatic carboxylic acids is 2. The first-order valence-corrected chi connectivity index (χ1v) is 12.5. The Labute approximate surface area is 234 Å². The molecular formula is C30H25N5O6. The van der Waals surface area contributed by atoms with Crippen molar-refractivity contribution in [1.29, 1.82) is 0 Å². The number of carbonyl (C=O) groups is 4. The molecule has 0 saturated carbocycles. The molecule has 2 amide bonds. The highest BCUT2D eigenvalue weighted by Gasteiger charge is 2.45. The molecule has 5 rings (SSSR count). The number of carboxylic acids is 2. The van der Waals surface area contributed by atoms with Gasteiger partial charge in [0.15, 0.2) is 5.84 Å². The maximum absolute atomic E-state index is 14.0. The Morgan fingerprint density at radius 2 is 1.37 bits per heavy atom. The van der Waals surface area contributed by atoms with E-state index in [0.717, 1.165) is 16.3 Å². The summed E-state index contributed by atoms with van der Waals surface area (Å²) < 4.78 is 0. The lowest BCUT2D eigenvalue weighted by atomic mass is 9.96. The molecule has 206 valence electrons. The molecule has 2 aliphatic heterocycles. The molecular weight excluding hydrogens is 526 g/mol. The molecule has 41 heavy (non-hydrogen) atoms. The molecule has 2 heterocycles. The van der Waals surface area contributed by atoms with Gasteiger partial charge in [0, 0.05) is 19.8 Å². The summed E-state index contributed by atoms with van der Waals surface area (Å²) in [6.07, 6.45) is 0. The van der Waals surface area contributed by atoms with E-state index >= 15 is 0 Å². The lowest BCUT2D eigenvalue weighted by molar-refractivity contribution is -0.114. The second-order valence-corrected chi connectivity index (χ2v) is 9.71. The summed E-state index contributed by atoms with van der Waals surface area (Å²) in [5, 5.41) is 24.1. The Bertz CT molecular complexity index is 1720.